The van der Waals surface area contributed by atoms with Crippen LogP contribution >= 0.6 is 0 Å². The Kier molecular flexibility index (Phi) is 5.86. The molecule has 0 aliphatic heterocycles. The van der Waals surface area contributed by atoms with Crippen molar-refractivity contribution in [3.05, 3.63) is 29.8 Å². The smallest absolute Gasteiger partial charge is 0.326 e. The Morgan fingerprint density at radius 1 is 1.12 bits per heavy atom. The monoisotopic (exact) mass is 333 g/mol. The van der Waals surface area contributed by atoms with E-state index in [2.05, 4.69) is 0 Å². The molecule has 5 heteroatoms. The number of benzene rings is 1. The Bertz CT molecular complexity index is 568. The van der Waals surface area contributed by atoms with Crippen LogP contribution in [0, 0.1) is 0 Å². The number of carbonyl (C=O) groups excluding carboxylic acids is 2. The number of likely N-dealkylation sites (N-methyl/N-ethyl adjacent to an activating group) is 1. The van der Waals surface area contributed by atoms with E-state index >= 15 is 0 Å². The molecular formula is C19H27NO4. The molecule has 1 aliphatic carbocycles. The van der Waals surface area contributed by atoms with Gasteiger partial charge in [0.15, 0.2) is 0 Å². The highest BCUT2D eigenvalue weighted by molar-refractivity contribution is 5.95. The summed E-state index contributed by atoms with van der Waals surface area (Å²) < 4.78 is 11.1. The van der Waals surface area contributed by atoms with Gasteiger partial charge in [0.2, 0.25) is 0 Å². The first-order valence-corrected chi connectivity index (χ1v) is 8.48. The van der Waals surface area contributed by atoms with E-state index in [4.69, 9.17) is 9.47 Å². The molecule has 1 aliphatic rings. The zero-order valence-corrected chi connectivity index (χ0v) is 15.0. The Morgan fingerprint density at radius 3 is 2.25 bits per heavy atom. The summed E-state index contributed by atoms with van der Waals surface area (Å²) in [5, 5.41) is 0. The first-order chi connectivity index (χ1) is 11.2. The summed E-state index contributed by atoms with van der Waals surface area (Å²) in [7, 11) is 1.59. The fraction of sp³-hybridized carbons (Fsp3) is 0.579. The zero-order chi connectivity index (χ0) is 17.7. The van der Waals surface area contributed by atoms with Crippen LogP contribution < -0.4 is 4.74 Å². The number of carbonyl (C=O) groups is 2. The molecule has 2 rings (SSSR count). The van der Waals surface area contributed by atoms with Gasteiger partial charge < -0.3 is 14.4 Å². The Morgan fingerprint density at radius 2 is 1.71 bits per heavy atom. The normalized spacial score (nSPS) is 15.2. The van der Waals surface area contributed by atoms with Crippen molar-refractivity contribution >= 4 is 11.9 Å². The van der Waals surface area contributed by atoms with Crippen molar-refractivity contribution in [3.8, 4) is 5.75 Å². The molecule has 0 heterocycles. The topological polar surface area (TPSA) is 55.8 Å². The lowest BCUT2D eigenvalue weighted by molar-refractivity contribution is -0.155. The van der Waals surface area contributed by atoms with Crippen molar-refractivity contribution < 1.29 is 19.1 Å². The van der Waals surface area contributed by atoms with Crippen molar-refractivity contribution in [2.45, 2.75) is 58.2 Å². The molecule has 1 amide bonds. The number of nitrogens with zero attached hydrogens (tertiary/aromatic N) is 1. The van der Waals surface area contributed by atoms with Gasteiger partial charge in [-0.3, -0.25) is 9.59 Å². The predicted molar refractivity (Wildman–Crippen MR) is 92.1 cm³/mol. The molecule has 0 aromatic heterocycles. The molecule has 24 heavy (non-hydrogen) atoms. The highest BCUT2D eigenvalue weighted by Gasteiger charge is 2.21. The molecule has 0 bridgehead atoms. The lowest BCUT2D eigenvalue weighted by Crippen LogP contribution is -2.36. The minimum atomic E-state index is -0.555. The predicted octanol–water partition coefficient (Wildman–Crippen LogP) is 3.42. The van der Waals surface area contributed by atoms with Gasteiger partial charge in [0, 0.05) is 12.6 Å². The van der Waals surface area contributed by atoms with Crippen molar-refractivity contribution in [1.29, 1.82) is 0 Å². The fourth-order valence-corrected chi connectivity index (χ4v) is 2.73. The van der Waals surface area contributed by atoms with E-state index in [1.165, 1.54) is 17.7 Å². The number of hydrogen-bond acceptors (Lipinski definition) is 4. The maximum Gasteiger partial charge on any atom is 0.326 e. The second-order valence-electron chi connectivity index (χ2n) is 7.30. The minimum absolute atomic E-state index is 0.0730. The molecule has 1 fully saturated rings. The third-order valence-corrected chi connectivity index (χ3v) is 3.84. The molecule has 0 N–H and O–H groups in total. The summed E-state index contributed by atoms with van der Waals surface area (Å²) >= 11 is 0. The second kappa shape index (κ2) is 7.69. The second-order valence-corrected chi connectivity index (χ2v) is 7.30. The third-order valence-electron chi connectivity index (χ3n) is 3.84. The summed E-state index contributed by atoms with van der Waals surface area (Å²) in [6.45, 7) is 5.33. The number of amides is 1. The van der Waals surface area contributed by atoms with Gasteiger partial charge in [-0.1, -0.05) is 0 Å². The third kappa shape index (κ3) is 5.55. The van der Waals surface area contributed by atoms with Crippen LogP contribution in [0.1, 0.15) is 56.8 Å². The van der Waals surface area contributed by atoms with Crippen molar-refractivity contribution in [2.75, 3.05) is 13.6 Å². The Labute approximate surface area is 143 Å². The van der Waals surface area contributed by atoms with Crippen molar-refractivity contribution in [1.82, 2.24) is 4.90 Å². The van der Waals surface area contributed by atoms with Crippen LogP contribution in [0.2, 0.25) is 0 Å². The Balaban J connectivity index is 1.90. The summed E-state index contributed by atoms with van der Waals surface area (Å²) in [5.74, 6) is 0.154. The molecule has 1 saturated carbocycles. The molecule has 5 nitrogen and oxygen atoms in total. The van der Waals surface area contributed by atoms with Crippen molar-refractivity contribution in [3.63, 3.8) is 0 Å². The van der Waals surface area contributed by atoms with Crippen molar-refractivity contribution in [2.24, 2.45) is 0 Å². The van der Waals surface area contributed by atoms with Crippen LogP contribution in [-0.2, 0) is 9.53 Å². The molecule has 0 unspecified atom stereocenters. The summed E-state index contributed by atoms with van der Waals surface area (Å²) in [5.41, 5.74) is -0.0277. The van der Waals surface area contributed by atoms with Crippen LogP contribution in [0.25, 0.3) is 0 Å². The Hall–Kier alpha value is -2.04. The summed E-state index contributed by atoms with van der Waals surface area (Å²) in [6, 6.07) is 7.09. The van der Waals surface area contributed by atoms with E-state index in [0.717, 1.165) is 18.6 Å². The highest BCUT2D eigenvalue weighted by atomic mass is 16.6. The van der Waals surface area contributed by atoms with E-state index in [9.17, 15) is 9.59 Å². The van der Waals surface area contributed by atoms with Crippen LogP contribution in [-0.4, -0.2) is 42.1 Å². The maximum atomic E-state index is 12.4. The van der Waals surface area contributed by atoms with E-state index in [1.807, 2.05) is 12.1 Å². The van der Waals surface area contributed by atoms with Gasteiger partial charge in [-0.15, -0.1) is 0 Å². The average molecular weight is 333 g/mol. The van der Waals surface area contributed by atoms with E-state index in [0.29, 0.717) is 11.7 Å². The van der Waals surface area contributed by atoms with Crippen LogP contribution in [0.3, 0.4) is 0 Å². The number of ether oxygens (including phenoxy) is 2. The largest absolute Gasteiger partial charge is 0.490 e. The van der Waals surface area contributed by atoms with Crippen LogP contribution in [0.15, 0.2) is 24.3 Å². The van der Waals surface area contributed by atoms with Gasteiger partial charge in [-0.25, -0.2) is 0 Å². The average Bonchev–Trinajstić information content (AvgIpc) is 2.98. The molecule has 0 atom stereocenters. The number of rotatable bonds is 5. The maximum absolute atomic E-state index is 12.4. The molecule has 0 saturated heterocycles. The fourth-order valence-electron chi connectivity index (χ4n) is 2.73. The first kappa shape index (κ1) is 18.3. The van der Waals surface area contributed by atoms with Gasteiger partial charge in [0.25, 0.3) is 5.91 Å². The lowest BCUT2D eigenvalue weighted by atomic mass is 10.2. The number of hydrogen-bond donors (Lipinski definition) is 0. The molecule has 1 aromatic rings. The van der Waals surface area contributed by atoms with Gasteiger partial charge >= 0.3 is 5.97 Å². The van der Waals surface area contributed by atoms with Gasteiger partial charge in [0.1, 0.15) is 17.9 Å². The minimum Gasteiger partial charge on any atom is -0.490 e. The van der Waals surface area contributed by atoms with Crippen LogP contribution in [0.5, 0.6) is 5.75 Å². The molecule has 1 aromatic carbocycles. The quantitative estimate of drug-likeness (QED) is 0.775. The molecule has 132 valence electrons. The summed E-state index contributed by atoms with van der Waals surface area (Å²) in [6.07, 6.45) is 4.92. The highest BCUT2D eigenvalue weighted by Crippen LogP contribution is 2.24. The van der Waals surface area contributed by atoms with Gasteiger partial charge in [-0.05, 0) is 70.7 Å². The standard InChI is InChI=1S/C19H27NO4/c1-19(2,3)24-17(21)13-20(4)18(22)14-9-11-16(12-10-14)23-15-7-5-6-8-15/h9-12,15H,5-8,13H2,1-4H3. The van der Waals surface area contributed by atoms with Gasteiger partial charge in [0.05, 0.1) is 6.10 Å². The molecular weight excluding hydrogens is 306 g/mol. The zero-order valence-electron chi connectivity index (χ0n) is 15.0. The SMILES string of the molecule is CN(CC(=O)OC(C)(C)C)C(=O)c1ccc(OC2CCCC2)cc1. The van der Waals surface area contributed by atoms with E-state index < -0.39 is 11.6 Å². The van der Waals surface area contributed by atoms with E-state index in [-0.39, 0.29) is 12.5 Å². The number of esters is 1. The molecule has 0 spiro atoms. The first-order valence-electron chi connectivity index (χ1n) is 8.48. The van der Waals surface area contributed by atoms with Crippen LogP contribution in [0.4, 0.5) is 0 Å². The molecule has 0 radical (unpaired) electrons. The van der Waals surface area contributed by atoms with E-state index in [1.54, 1.807) is 40.0 Å². The van der Waals surface area contributed by atoms with Gasteiger partial charge in [-0.2, -0.15) is 0 Å². The summed E-state index contributed by atoms with van der Waals surface area (Å²) in [4.78, 5) is 25.6. The lowest BCUT2D eigenvalue weighted by Gasteiger charge is -2.22.